The molecule has 2 N–H and O–H groups in total. The lowest BCUT2D eigenvalue weighted by atomic mass is 9.69. The van der Waals surface area contributed by atoms with E-state index in [0.29, 0.717) is 24.5 Å². The van der Waals surface area contributed by atoms with E-state index in [-0.39, 0.29) is 11.3 Å². The molecule has 0 aliphatic heterocycles. The summed E-state index contributed by atoms with van der Waals surface area (Å²) in [5, 5.41) is 6.71. The largest absolute Gasteiger partial charge is 0.352 e. The van der Waals surface area contributed by atoms with Crippen molar-refractivity contribution in [3.05, 3.63) is 0 Å². The van der Waals surface area contributed by atoms with Crippen molar-refractivity contribution in [1.29, 1.82) is 0 Å². The summed E-state index contributed by atoms with van der Waals surface area (Å²) in [5.74, 6) is 0.810. The van der Waals surface area contributed by atoms with E-state index < -0.39 is 0 Å². The predicted octanol–water partition coefficient (Wildman–Crippen LogP) is 3.24. The zero-order valence-electron chi connectivity index (χ0n) is 13.5. The minimum absolute atomic E-state index is 0.193. The molecular weight excluding hydrogens is 248 g/mol. The molecular formula is C17H32N2O. The first-order chi connectivity index (χ1) is 9.47. The highest BCUT2D eigenvalue weighted by atomic mass is 16.2. The molecule has 0 heterocycles. The van der Waals surface area contributed by atoms with E-state index in [1.807, 2.05) is 0 Å². The molecule has 0 saturated heterocycles. The van der Waals surface area contributed by atoms with Crippen molar-refractivity contribution < 1.29 is 4.79 Å². The first-order valence-corrected chi connectivity index (χ1v) is 8.49. The minimum atomic E-state index is 0.193. The van der Waals surface area contributed by atoms with Crippen molar-refractivity contribution >= 4 is 5.91 Å². The van der Waals surface area contributed by atoms with E-state index in [9.17, 15) is 4.79 Å². The van der Waals surface area contributed by atoms with Crippen LogP contribution in [-0.2, 0) is 4.79 Å². The normalized spacial score (nSPS) is 28.6. The molecule has 2 fully saturated rings. The number of rotatable bonds is 4. The number of carbonyl (C=O) groups is 1. The molecule has 2 rings (SSSR count). The third-order valence-electron chi connectivity index (χ3n) is 5.13. The van der Waals surface area contributed by atoms with E-state index in [4.69, 9.17) is 0 Å². The second-order valence-corrected chi connectivity index (χ2v) is 7.79. The Kier molecular flexibility index (Phi) is 5.48. The quantitative estimate of drug-likeness (QED) is 0.830. The molecule has 0 aromatic heterocycles. The Morgan fingerprint density at radius 3 is 2.25 bits per heavy atom. The molecule has 2 atom stereocenters. The topological polar surface area (TPSA) is 41.1 Å². The fourth-order valence-electron chi connectivity index (χ4n) is 3.96. The van der Waals surface area contributed by atoms with Crippen molar-refractivity contribution in [3.63, 3.8) is 0 Å². The van der Waals surface area contributed by atoms with Crippen LogP contribution in [0.25, 0.3) is 0 Å². The Bertz CT molecular complexity index is 315. The monoisotopic (exact) mass is 280 g/mol. The van der Waals surface area contributed by atoms with Gasteiger partial charge in [0.15, 0.2) is 0 Å². The van der Waals surface area contributed by atoms with Crippen molar-refractivity contribution in [1.82, 2.24) is 10.6 Å². The Morgan fingerprint density at radius 2 is 1.60 bits per heavy atom. The predicted molar refractivity (Wildman–Crippen MR) is 83.6 cm³/mol. The van der Waals surface area contributed by atoms with E-state index in [0.717, 1.165) is 6.42 Å². The van der Waals surface area contributed by atoms with Gasteiger partial charge in [0.25, 0.3) is 0 Å². The molecule has 2 saturated carbocycles. The van der Waals surface area contributed by atoms with Gasteiger partial charge in [0.05, 0.1) is 6.54 Å². The van der Waals surface area contributed by atoms with Crippen LogP contribution in [0.4, 0.5) is 0 Å². The van der Waals surface area contributed by atoms with Gasteiger partial charge in [-0.05, 0) is 37.0 Å². The summed E-state index contributed by atoms with van der Waals surface area (Å²) in [7, 11) is 0. The third kappa shape index (κ3) is 4.47. The number of carbonyl (C=O) groups excluding carboxylic acids is 1. The molecule has 20 heavy (non-hydrogen) atoms. The standard InChI is InChI=1S/C17H32N2O/c1-17(2,3)14-10-6-7-11-15(14)19-16(20)12-18-13-8-4-5-9-13/h13-15,18H,4-12H2,1-3H3,(H,19,20). The molecule has 0 aromatic carbocycles. The maximum atomic E-state index is 12.2. The third-order valence-corrected chi connectivity index (χ3v) is 5.13. The summed E-state index contributed by atoms with van der Waals surface area (Å²) in [6, 6.07) is 0.951. The summed E-state index contributed by atoms with van der Waals surface area (Å²) in [6.45, 7) is 7.41. The fourth-order valence-corrected chi connectivity index (χ4v) is 3.96. The maximum absolute atomic E-state index is 12.2. The Morgan fingerprint density at radius 1 is 1.00 bits per heavy atom. The number of hydrogen-bond donors (Lipinski definition) is 2. The lowest BCUT2D eigenvalue weighted by Crippen LogP contribution is -2.49. The van der Waals surface area contributed by atoms with Gasteiger partial charge < -0.3 is 10.6 Å². The van der Waals surface area contributed by atoms with Gasteiger partial charge >= 0.3 is 0 Å². The van der Waals surface area contributed by atoms with Crippen LogP contribution in [0.3, 0.4) is 0 Å². The maximum Gasteiger partial charge on any atom is 0.234 e. The van der Waals surface area contributed by atoms with E-state index >= 15 is 0 Å². The van der Waals surface area contributed by atoms with E-state index in [2.05, 4.69) is 31.4 Å². The van der Waals surface area contributed by atoms with Gasteiger partial charge in [-0.1, -0.05) is 46.5 Å². The highest BCUT2D eigenvalue weighted by molar-refractivity contribution is 5.78. The number of nitrogens with one attached hydrogen (secondary N) is 2. The average molecular weight is 280 g/mol. The van der Waals surface area contributed by atoms with Crippen LogP contribution in [-0.4, -0.2) is 24.5 Å². The zero-order chi connectivity index (χ0) is 14.6. The molecule has 2 aliphatic carbocycles. The van der Waals surface area contributed by atoms with Gasteiger partial charge in [0, 0.05) is 12.1 Å². The smallest absolute Gasteiger partial charge is 0.234 e. The molecule has 116 valence electrons. The summed E-state index contributed by atoms with van der Waals surface area (Å²) in [5.41, 5.74) is 0.289. The number of hydrogen-bond acceptors (Lipinski definition) is 2. The summed E-state index contributed by atoms with van der Waals surface area (Å²) in [4.78, 5) is 12.2. The van der Waals surface area contributed by atoms with Gasteiger partial charge in [-0.25, -0.2) is 0 Å². The first-order valence-electron chi connectivity index (χ1n) is 8.49. The minimum Gasteiger partial charge on any atom is -0.352 e. The van der Waals surface area contributed by atoms with Crippen LogP contribution < -0.4 is 10.6 Å². The van der Waals surface area contributed by atoms with E-state index in [1.165, 1.54) is 44.9 Å². The second-order valence-electron chi connectivity index (χ2n) is 7.79. The van der Waals surface area contributed by atoms with Crippen molar-refractivity contribution in [2.45, 2.75) is 84.2 Å². The Hall–Kier alpha value is -0.570. The van der Waals surface area contributed by atoms with Crippen LogP contribution >= 0.6 is 0 Å². The van der Waals surface area contributed by atoms with Gasteiger partial charge in [0.1, 0.15) is 0 Å². The van der Waals surface area contributed by atoms with Crippen molar-refractivity contribution in [3.8, 4) is 0 Å². The Balaban J connectivity index is 1.78. The average Bonchev–Trinajstić information content (AvgIpc) is 2.89. The first kappa shape index (κ1) is 15.8. The summed E-state index contributed by atoms with van der Waals surface area (Å²) in [6.07, 6.45) is 10.1. The van der Waals surface area contributed by atoms with Gasteiger partial charge in [-0.3, -0.25) is 4.79 Å². The van der Waals surface area contributed by atoms with Crippen LogP contribution in [0.5, 0.6) is 0 Å². The molecule has 0 spiro atoms. The molecule has 0 radical (unpaired) electrons. The molecule has 3 heteroatoms. The molecule has 0 bridgehead atoms. The van der Waals surface area contributed by atoms with Gasteiger partial charge in [-0.2, -0.15) is 0 Å². The highest BCUT2D eigenvalue weighted by Gasteiger charge is 2.34. The van der Waals surface area contributed by atoms with Crippen LogP contribution in [0.1, 0.15) is 72.1 Å². The fraction of sp³-hybridized carbons (Fsp3) is 0.941. The summed E-state index contributed by atoms with van der Waals surface area (Å²) >= 11 is 0. The Labute approximate surface area is 124 Å². The lowest BCUT2D eigenvalue weighted by molar-refractivity contribution is -0.122. The summed E-state index contributed by atoms with van der Waals surface area (Å²) < 4.78 is 0. The van der Waals surface area contributed by atoms with Crippen LogP contribution in [0, 0.1) is 11.3 Å². The molecule has 2 aliphatic rings. The van der Waals surface area contributed by atoms with Gasteiger partial charge in [-0.15, -0.1) is 0 Å². The number of amides is 1. The van der Waals surface area contributed by atoms with Crippen molar-refractivity contribution in [2.75, 3.05) is 6.54 Å². The lowest BCUT2D eigenvalue weighted by Gasteiger charge is -2.40. The second kappa shape index (κ2) is 6.93. The molecule has 1 amide bonds. The van der Waals surface area contributed by atoms with Crippen LogP contribution in [0.2, 0.25) is 0 Å². The molecule has 0 aromatic rings. The zero-order valence-corrected chi connectivity index (χ0v) is 13.5. The van der Waals surface area contributed by atoms with Crippen LogP contribution in [0.15, 0.2) is 0 Å². The van der Waals surface area contributed by atoms with Crippen molar-refractivity contribution in [2.24, 2.45) is 11.3 Å². The molecule has 3 nitrogen and oxygen atoms in total. The van der Waals surface area contributed by atoms with Gasteiger partial charge in [0.2, 0.25) is 5.91 Å². The SMILES string of the molecule is CC(C)(C)C1CCCCC1NC(=O)CNC1CCCC1. The van der Waals surface area contributed by atoms with E-state index in [1.54, 1.807) is 0 Å². The molecule has 2 unspecified atom stereocenters. The highest BCUT2D eigenvalue weighted by Crippen LogP contribution is 2.37.